The maximum atomic E-state index is 12.7. The smallest absolute Gasteiger partial charge is 0.303 e. The molecule has 114 valence electrons. The van der Waals surface area contributed by atoms with Gasteiger partial charge in [0.25, 0.3) is 5.91 Å². The predicted molar refractivity (Wildman–Crippen MR) is 73.9 cm³/mol. The molecule has 1 aromatic heterocycles. The summed E-state index contributed by atoms with van der Waals surface area (Å²) in [5.74, 6) is 0.182. The average Bonchev–Trinajstić information content (AvgIpc) is 2.85. The number of hydrogen-bond donors (Lipinski definition) is 1. The Balaban J connectivity index is 1.77. The number of nitrogens with zero attached hydrogens (tertiary/aromatic N) is 2. The zero-order valence-electron chi connectivity index (χ0n) is 12.3. The third-order valence-electron chi connectivity index (χ3n) is 4.63. The highest BCUT2D eigenvalue weighted by Gasteiger charge is 2.44. The van der Waals surface area contributed by atoms with E-state index in [4.69, 9.17) is 9.52 Å². The van der Waals surface area contributed by atoms with Crippen molar-refractivity contribution in [2.45, 2.75) is 58.0 Å². The Kier molecular flexibility index (Phi) is 3.47. The van der Waals surface area contributed by atoms with Crippen LogP contribution < -0.4 is 0 Å². The van der Waals surface area contributed by atoms with Crippen molar-refractivity contribution >= 4 is 11.9 Å². The minimum Gasteiger partial charge on any atom is -0.481 e. The van der Waals surface area contributed by atoms with Crippen LogP contribution in [-0.2, 0) is 4.79 Å². The molecule has 3 heterocycles. The molecule has 1 amide bonds. The number of aromatic nitrogens is 1. The number of aliphatic carboxylic acids is 1. The molecule has 3 rings (SSSR count). The van der Waals surface area contributed by atoms with Crippen molar-refractivity contribution in [2.75, 3.05) is 0 Å². The van der Waals surface area contributed by atoms with Crippen molar-refractivity contribution in [1.82, 2.24) is 9.88 Å². The lowest BCUT2D eigenvalue weighted by Gasteiger charge is -2.38. The third-order valence-corrected chi connectivity index (χ3v) is 4.63. The summed E-state index contributed by atoms with van der Waals surface area (Å²) in [5, 5.41) is 8.95. The summed E-state index contributed by atoms with van der Waals surface area (Å²) >= 11 is 0. The van der Waals surface area contributed by atoms with Gasteiger partial charge in [-0.2, -0.15) is 0 Å². The van der Waals surface area contributed by atoms with Gasteiger partial charge in [-0.1, -0.05) is 0 Å². The minimum absolute atomic E-state index is 0.0885. The van der Waals surface area contributed by atoms with Crippen molar-refractivity contribution < 1.29 is 19.1 Å². The Labute approximate surface area is 123 Å². The van der Waals surface area contributed by atoms with Gasteiger partial charge >= 0.3 is 5.97 Å². The lowest BCUT2D eigenvalue weighted by molar-refractivity contribution is -0.138. The van der Waals surface area contributed by atoms with Gasteiger partial charge in [0.1, 0.15) is 0 Å². The van der Waals surface area contributed by atoms with Crippen molar-refractivity contribution in [2.24, 2.45) is 5.92 Å². The normalized spacial score (nSPS) is 27.9. The van der Waals surface area contributed by atoms with Crippen LogP contribution in [0, 0.1) is 19.8 Å². The molecule has 0 aromatic carbocycles. The number of amides is 1. The number of carboxylic acids is 1. The van der Waals surface area contributed by atoms with E-state index < -0.39 is 5.97 Å². The van der Waals surface area contributed by atoms with Crippen LogP contribution in [-0.4, -0.2) is 39.0 Å². The van der Waals surface area contributed by atoms with Crippen molar-refractivity contribution in [3.05, 3.63) is 17.3 Å². The summed E-state index contributed by atoms with van der Waals surface area (Å²) in [6.45, 7) is 3.51. The van der Waals surface area contributed by atoms with Gasteiger partial charge < -0.3 is 14.4 Å². The van der Waals surface area contributed by atoms with E-state index >= 15 is 0 Å². The lowest BCUT2D eigenvalue weighted by Crippen LogP contribution is -2.47. The summed E-state index contributed by atoms with van der Waals surface area (Å²) in [4.78, 5) is 29.6. The fourth-order valence-corrected chi connectivity index (χ4v) is 3.88. The van der Waals surface area contributed by atoms with Crippen LogP contribution >= 0.6 is 0 Å². The van der Waals surface area contributed by atoms with Gasteiger partial charge in [-0.3, -0.25) is 9.59 Å². The van der Waals surface area contributed by atoms with Gasteiger partial charge in [-0.15, -0.1) is 0 Å². The van der Waals surface area contributed by atoms with Gasteiger partial charge in [0.2, 0.25) is 5.76 Å². The molecule has 1 aromatic rings. The monoisotopic (exact) mass is 292 g/mol. The largest absolute Gasteiger partial charge is 0.481 e. The van der Waals surface area contributed by atoms with Crippen LogP contribution in [0.4, 0.5) is 0 Å². The number of carboxylic acid groups (broad SMARTS) is 1. The maximum absolute atomic E-state index is 12.7. The van der Waals surface area contributed by atoms with Crippen molar-refractivity contribution in [3.63, 3.8) is 0 Å². The van der Waals surface area contributed by atoms with E-state index in [1.165, 1.54) is 0 Å². The number of carbonyl (C=O) groups excluding carboxylic acids is 1. The SMILES string of the molecule is Cc1nc(C)c(C(=O)N2C3CCC2CC(CC(=O)O)C3)o1. The molecule has 2 saturated heterocycles. The first-order valence-electron chi connectivity index (χ1n) is 7.44. The number of rotatable bonds is 3. The fraction of sp³-hybridized carbons (Fsp3) is 0.667. The Morgan fingerprint density at radius 2 is 1.90 bits per heavy atom. The first-order valence-corrected chi connectivity index (χ1v) is 7.44. The number of hydrogen-bond acceptors (Lipinski definition) is 4. The topological polar surface area (TPSA) is 83.6 Å². The number of fused-ring (bicyclic) bond motifs is 2. The molecule has 0 saturated carbocycles. The van der Waals surface area contributed by atoms with E-state index in [0.717, 1.165) is 25.7 Å². The molecule has 6 nitrogen and oxygen atoms in total. The number of carbonyl (C=O) groups is 2. The zero-order chi connectivity index (χ0) is 15.1. The highest BCUT2D eigenvalue weighted by molar-refractivity contribution is 5.93. The van der Waals surface area contributed by atoms with Gasteiger partial charge in [0.15, 0.2) is 5.89 Å². The second-order valence-corrected chi connectivity index (χ2v) is 6.18. The van der Waals surface area contributed by atoms with Crippen LogP contribution in [0.3, 0.4) is 0 Å². The molecule has 2 fully saturated rings. The highest BCUT2D eigenvalue weighted by atomic mass is 16.4. The number of oxazole rings is 1. The Morgan fingerprint density at radius 1 is 1.29 bits per heavy atom. The number of piperidine rings is 1. The summed E-state index contributed by atoms with van der Waals surface area (Å²) in [6, 6.07) is 0.288. The molecular formula is C15H20N2O4. The van der Waals surface area contributed by atoms with Crippen LogP contribution in [0.15, 0.2) is 4.42 Å². The molecule has 21 heavy (non-hydrogen) atoms. The predicted octanol–water partition coefficient (Wildman–Crippen LogP) is 2.15. The Bertz CT molecular complexity index is 566. The van der Waals surface area contributed by atoms with Crippen LogP contribution in [0.2, 0.25) is 0 Å². The molecule has 2 unspecified atom stereocenters. The lowest BCUT2D eigenvalue weighted by atomic mass is 9.88. The molecule has 0 aliphatic carbocycles. The maximum Gasteiger partial charge on any atom is 0.303 e. The molecular weight excluding hydrogens is 272 g/mol. The van der Waals surface area contributed by atoms with Crippen molar-refractivity contribution in [1.29, 1.82) is 0 Å². The second-order valence-electron chi connectivity index (χ2n) is 6.18. The molecule has 2 atom stereocenters. The first-order chi connectivity index (χ1) is 9.95. The van der Waals surface area contributed by atoms with Gasteiger partial charge in [-0.05, 0) is 38.5 Å². The zero-order valence-corrected chi connectivity index (χ0v) is 12.3. The van der Waals surface area contributed by atoms with Crippen LogP contribution in [0.5, 0.6) is 0 Å². The third kappa shape index (κ3) is 2.54. The van der Waals surface area contributed by atoms with E-state index in [-0.39, 0.29) is 30.3 Å². The first kappa shape index (κ1) is 14.1. The molecule has 2 aliphatic heterocycles. The molecule has 6 heteroatoms. The summed E-state index contributed by atoms with van der Waals surface area (Å²) in [6.07, 6.45) is 3.67. The van der Waals surface area contributed by atoms with Crippen molar-refractivity contribution in [3.8, 4) is 0 Å². The molecule has 0 spiro atoms. The van der Waals surface area contributed by atoms with E-state index in [9.17, 15) is 9.59 Å². The van der Waals surface area contributed by atoms with Gasteiger partial charge in [0, 0.05) is 25.4 Å². The summed E-state index contributed by atoms with van der Waals surface area (Å²) in [7, 11) is 0. The Morgan fingerprint density at radius 3 is 2.38 bits per heavy atom. The van der Waals surface area contributed by atoms with Gasteiger partial charge in [-0.25, -0.2) is 4.98 Å². The molecule has 0 radical (unpaired) electrons. The standard InChI is InChI=1S/C15H20N2O4/c1-8-14(21-9(2)16-8)15(20)17-11-3-4-12(17)6-10(5-11)7-13(18)19/h10-12H,3-7H2,1-2H3,(H,18,19). The van der Waals surface area contributed by atoms with E-state index in [1.54, 1.807) is 13.8 Å². The minimum atomic E-state index is -0.749. The average molecular weight is 292 g/mol. The molecule has 2 bridgehead atoms. The van der Waals surface area contributed by atoms with E-state index in [1.807, 2.05) is 4.90 Å². The fourth-order valence-electron chi connectivity index (χ4n) is 3.88. The van der Waals surface area contributed by atoms with Gasteiger partial charge in [0.05, 0.1) is 5.69 Å². The Hall–Kier alpha value is -1.85. The molecule has 1 N–H and O–H groups in total. The quantitative estimate of drug-likeness (QED) is 0.922. The van der Waals surface area contributed by atoms with Crippen LogP contribution in [0.25, 0.3) is 0 Å². The second kappa shape index (κ2) is 5.16. The molecule has 2 aliphatic rings. The van der Waals surface area contributed by atoms with E-state index in [2.05, 4.69) is 4.98 Å². The van der Waals surface area contributed by atoms with E-state index in [0.29, 0.717) is 17.3 Å². The number of aryl methyl sites for hydroxylation is 2. The summed E-state index contributed by atoms with van der Waals surface area (Å²) < 4.78 is 5.45. The highest BCUT2D eigenvalue weighted by Crippen LogP contribution is 2.40. The van der Waals surface area contributed by atoms with Crippen LogP contribution in [0.1, 0.15) is 54.2 Å². The summed E-state index contributed by atoms with van der Waals surface area (Å²) in [5.41, 5.74) is 0.629.